The molecule has 0 spiro atoms. The minimum Gasteiger partial charge on any atom is -0.314 e. The zero-order chi connectivity index (χ0) is 12.0. The predicted octanol–water partition coefficient (Wildman–Crippen LogP) is 3.11. The summed E-state index contributed by atoms with van der Waals surface area (Å²) in [7, 11) is 1.98. The van der Waals surface area contributed by atoms with Gasteiger partial charge in [-0.25, -0.2) is 4.98 Å². The van der Waals surface area contributed by atoms with Gasteiger partial charge in [0.2, 0.25) is 0 Å². The number of nitrogens with zero attached hydrogens (tertiary/aromatic N) is 1. The van der Waals surface area contributed by atoms with Crippen molar-refractivity contribution in [3.63, 3.8) is 0 Å². The van der Waals surface area contributed by atoms with Crippen molar-refractivity contribution in [3.05, 3.63) is 15.6 Å². The molecule has 0 unspecified atom stereocenters. The average molecular weight is 238 g/mol. The van der Waals surface area contributed by atoms with Gasteiger partial charge in [0.15, 0.2) is 0 Å². The number of nitrogens with one attached hydrogen (secondary N) is 1. The van der Waals surface area contributed by atoms with Crippen molar-refractivity contribution < 1.29 is 0 Å². The maximum Gasteiger partial charge on any atom is 0.107 e. The van der Waals surface area contributed by atoms with Crippen LogP contribution in [-0.4, -0.2) is 12.0 Å². The molecule has 0 saturated carbocycles. The molecular formula is C13H22N2S. The van der Waals surface area contributed by atoms with Gasteiger partial charge in [0.1, 0.15) is 5.01 Å². The van der Waals surface area contributed by atoms with E-state index in [1.807, 2.05) is 18.4 Å². The van der Waals surface area contributed by atoms with Crippen molar-refractivity contribution in [2.24, 2.45) is 5.41 Å². The van der Waals surface area contributed by atoms with E-state index in [4.69, 9.17) is 4.98 Å². The number of aromatic nitrogens is 1. The Morgan fingerprint density at radius 3 is 2.62 bits per heavy atom. The van der Waals surface area contributed by atoms with Crippen LogP contribution >= 0.6 is 11.3 Å². The fraction of sp³-hybridized carbons (Fsp3) is 0.769. The normalized spacial score (nSPS) is 21.8. The molecule has 0 aliphatic heterocycles. The smallest absolute Gasteiger partial charge is 0.107 e. The van der Waals surface area contributed by atoms with Gasteiger partial charge in [-0.05, 0) is 25.3 Å². The van der Waals surface area contributed by atoms with Gasteiger partial charge < -0.3 is 5.32 Å². The van der Waals surface area contributed by atoms with Gasteiger partial charge in [-0.3, -0.25) is 0 Å². The Kier molecular flexibility index (Phi) is 2.87. The van der Waals surface area contributed by atoms with Crippen molar-refractivity contribution in [2.75, 3.05) is 7.05 Å². The van der Waals surface area contributed by atoms with Crippen LogP contribution in [0.25, 0.3) is 0 Å². The minimum absolute atomic E-state index is 0.292. The maximum absolute atomic E-state index is 4.79. The predicted molar refractivity (Wildman–Crippen MR) is 70.0 cm³/mol. The lowest BCUT2D eigenvalue weighted by Crippen LogP contribution is -2.33. The van der Waals surface area contributed by atoms with Gasteiger partial charge in [0.25, 0.3) is 0 Å². The molecule has 0 aromatic carbocycles. The Labute approximate surface area is 102 Å². The first-order valence-corrected chi connectivity index (χ1v) is 6.79. The number of rotatable bonds is 2. The SMILES string of the molecule is CNCc1nc2c(s1)C(C)(C)CC(C)(C)C2. The third-order valence-corrected chi connectivity index (χ3v) is 4.71. The summed E-state index contributed by atoms with van der Waals surface area (Å²) in [4.78, 5) is 6.30. The molecule has 2 rings (SSSR count). The van der Waals surface area contributed by atoms with Gasteiger partial charge in [-0.15, -0.1) is 11.3 Å². The second-order valence-corrected chi connectivity index (χ2v) is 7.40. The average Bonchev–Trinajstić information content (AvgIpc) is 2.45. The van der Waals surface area contributed by atoms with Crippen LogP contribution in [0, 0.1) is 5.41 Å². The number of fused-ring (bicyclic) bond motifs is 1. The molecule has 1 aromatic heterocycles. The molecule has 0 saturated heterocycles. The largest absolute Gasteiger partial charge is 0.314 e. The van der Waals surface area contributed by atoms with Crippen LogP contribution in [0.1, 0.15) is 49.7 Å². The molecule has 0 bridgehead atoms. The fourth-order valence-corrected chi connectivity index (χ4v) is 4.26. The first-order valence-electron chi connectivity index (χ1n) is 5.98. The van der Waals surface area contributed by atoms with Crippen LogP contribution in [-0.2, 0) is 18.4 Å². The molecule has 1 aliphatic rings. The van der Waals surface area contributed by atoms with Crippen LogP contribution in [0.3, 0.4) is 0 Å². The quantitative estimate of drug-likeness (QED) is 0.856. The Hall–Kier alpha value is -0.410. The number of hydrogen-bond acceptors (Lipinski definition) is 3. The summed E-state index contributed by atoms with van der Waals surface area (Å²) in [5, 5.41) is 4.42. The Balaban J connectivity index is 2.40. The summed E-state index contributed by atoms with van der Waals surface area (Å²) in [5.41, 5.74) is 2.03. The Bertz CT molecular complexity index is 391. The van der Waals surface area contributed by atoms with Crippen molar-refractivity contribution >= 4 is 11.3 Å². The van der Waals surface area contributed by atoms with E-state index in [-0.39, 0.29) is 0 Å². The highest BCUT2D eigenvalue weighted by atomic mass is 32.1. The van der Waals surface area contributed by atoms with Crippen molar-refractivity contribution in [2.45, 2.75) is 52.5 Å². The number of thiazole rings is 1. The van der Waals surface area contributed by atoms with Gasteiger partial charge in [0, 0.05) is 16.8 Å². The van der Waals surface area contributed by atoms with E-state index >= 15 is 0 Å². The molecule has 0 radical (unpaired) electrons. The lowest BCUT2D eigenvalue weighted by atomic mass is 9.67. The molecule has 0 amide bonds. The lowest BCUT2D eigenvalue weighted by molar-refractivity contribution is 0.232. The lowest BCUT2D eigenvalue weighted by Gasteiger charge is -2.39. The highest BCUT2D eigenvalue weighted by Gasteiger charge is 2.39. The molecule has 90 valence electrons. The molecule has 3 heteroatoms. The van der Waals surface area contributed by atoms with E-state index < -0.39 is 0 Å². The van der Waals surface area contributed by atoms with Crippen molar-refractivity contribution in [1.82, 2.24) is 10.3 Å². The molecule has 2 nitrogen and oxygen atoms in total. The molecule has 1 N–H and O–H groups in total. The highest BCUT2D eigenvalue weighted by molar-refractivity contribution is 7.11. The zero-order valence-electron chi connectivity index (χ0n) is 11.0. The zero-order valence-corrected chi connectivity index (χ0v) is 11.8. The molecule has 0 atom stereocenters. The summed E-state index contributed by atoms with van der Waals surface area (Å²) >= 11 is 1.89. The minimum atomic E-state index is 0.292. The van der Waals surface area contributed by atoms with Gasteiger partial charge in [-0.1, -0.05) is 27.7 Å². The summed E-state index contributed by atoms with van der Waals surface area (Å²) in [6, 6.07) is 0. The monoisotopic (exact) mass is 238 g/mol. The van der Waals surface area contributed by atoms with Crippen LogP contribution < -0.4 is 5.32 Å². The third kappa shape index (κ3) is 2.16. The van der Waals surface area contributed by atoms with Gasteiger partial charge in [0.05, 0.1) is 5.69 Å². The number of hydrogen-bond donors (Lipinski definition) is 1. The first kappa shape index (κ1) is 12.1. The van der Waals surface area contributed by atoms with E-state index in [1.165, 1.54) is 22.0 Å². The first-order chi connectivity index (χ1) is 7.34. The summed E-state index contributed by atoms with van der Waals surface area (Å²) in [5.74, 6) is 0. The van der Waals surface area contributed by atoms with E-state index in [0.29, 0.717) is 10.8 Å². The fourth-order valence-electron chi connectivity index (χ4n) is 3.07. The molecular weight excluding hydrogens is 216 g/mol. The molecule has 0 fully saturated rings. The second-order valence-electron chi connectivity index (χ2n) is 6.32. The Morgan fingerprint density at radius 2 is 2.00 bits per heavy atom. The highest BCUT2D eigenvalue weighted by Crippen LogP contribution is 2.47. The Morgan fingerprint density at radius 1 is 1.31 bits per heavy atom. The van der Waals surface area contributed by atoms with Gasteiger partial charge in [-0.2, -0.15) is 0 Å². The van der Waals surface area contributed by atoms with E-state index in [1.54, 1.807) is 0 Å². The molecule has 1 aromatic rings. The van der Waals surface area contributed by atoms with Gasteiger partial charge >= 0.3 is 0 Å². The summed E-state index contributed by atoms with van der Waals surface area (Å²) in [6.07, 6.45) is 2.39. The van der Waals surface area contributed by atoms with Crippen LogP contribution in [0.5, 0.6) is 0 Å². The van der Waals surface area contributed by atoms with Crippen molar-refractivity contribution in [1.29, 1.82) is 0 Å². The third-order valence-electron chi connectivity index (χ3n) is 3.25. The van der Waals surface area contributed by atoms with Crippen LogP contribution in [0.4, 0.5) is 0 Å². The molecule has 16 heavy (non-hydrogen) atoms. The topological polar surface area (TPSA) is 24.9 Å². The maximum atomic E-state index is 4.79. The molecule has 1 heterocycles. The summed E-state index contributed by atoms with van der Waals surface area (Å²) < 4.78 is 0. The summed E-state index contributed by atoms with van der Waals surface area (Å²) in [6.45, 7) is 10.3. The van der Waals surface area contributed by atoms with E-state index in [2.05, 4.69) is 33.0 Å². The van der Waals surface area contributed by atoms with Crippen molar-refractivity contribution in [3.8, 4) is 0 Å². The standard InChI is InChI=1S/C13H22N2S/c1-12(2)6-9-11(13(3,4)8-12)16-10(15-9)7-14-5/h14H,6-8H2,1-5H3. The van der Waals surface area contributed by atoms with E-state index in [9.17, 15) is 0 Å². The molecule has 1 aliphatic carbocycles. The van der Waals surface area contributed by atoms with E-state index in [0.717, 1.165) is 13.0 Å². The van der Waals surface area contributed by atoms with Crippen LogP contribution in [0.15, 0.2) is 0 Å². The second kappa shape index (κ2) is 3.81. The van der Waals surface area contributed by atoms with Crippen LogP contribution in [0.2, 0.25) is 0 Å².